The van der Waals surface area contributed by atoms with E-state index in [0.717, 1.165) is 15.8 Å². The van der Waals surface area contributed by atoms with Crippen LogP contribution in [0.1, 0.15) is 40.3 Å². The van der Waals surface area contributed by atoms with E-state index in [9.17, 15) is 9.59 Å². The molecule has 114 valence electrons. The van der Waals surface area contributed by atoms with Crippen molar-refractivity contribution in [1.29, 1.82) is 0 Å². The maximum Gasteiger partial charge on any atom is 0.358 e. The Balaban J connectivity index is 2.43. The molecule has 1 atom stereocenters. The minimum atomic E-state index is -1.26. The quantitative estimate of drug-likeness (QED) is 0.876. The average molecular weight is 301 g/mol. The third kappa shape index (κ3) is 3.20. The molecule has 0 bridgehead atoms. The van der Waals surface area contributed by atoms with Gasteiger partial charge in [0.05, 0.1) is 5.69 Å². The molecule has 1 aromatic carbocycles. The first kappa shape index (κ1) is 15.4. The third-order valence-corrected chi connectivity index (χ3v) is 3.17. The van der Waals surface area contributed by atoms with Crippen LogP contribution in [0, 0.1) is 6.92 Å². The Bertz CT molecular complexity index is 732. The molecule has 2 N–H and O–H groups in total. The minimum absolute atomic E-state index is 0.142. The summed E-state index contributed by atoms with van der Waals surface area (Å²) in [4.78, 5) is 22.3. The monoisotopic (exact) mass is 301 g/mol. The van der Waals surface area contributed by atoms with Gasteiger partial charge in [0.25, 0.3) is 0 Å². The van der Waals surface area contributed by atoms with Gasteiger partial charge in [-0.15, -0.1) is 5.10 Å². The van der Waals surface area contributed by atoms with Crippen molar-refractivity contribution in [2.45, 2.75) is 19.9 Å². The molecule has 0 radical (unpaired) electrons. The van der Waals surface area contributed by atoms with Crippen molar-refractivity contribution < 1.29 is 19.8 Å². The van der Waals surface area contributed by atoms with E-state index in [1.807, 2.05) is 31.2 Å². The Hall–Kier alpha value is -2.96. The molecular formula is C15H15N3O4. The van der Waals surface area contributed by atoms with Crippen LogP contribution in [-0.4, -0.2) is 37.1 Å². The highest BCUT2D eigenvalue weighted by Crippen LogP contribution is 2.16. The summed E-state index contributed by atoms with van der Waals surface area (Å²) in [6.45, 7) is 3.37. The van der Waals surface area contributed by atoms with Crippen LogP contribution in [0.25, 0.3) is 12.2 Å². The molecule has 0 aliphatic rings. The summed E-state index contributed by atoms with van der Waals surface area (Å²) in [6, 6.07) is 6.58. The molecule has 0 aliphatic carbocycles. The molecule has 0 saturated carbocycles. The van der Waals surface area contributed by atoms with Gasteiger partial charge in [-0.05, 0) is 25.5 Å². The number of hydrogen-bond acceptors (Lipinski definition) is 4. The summed E-state index contributed by atoms with van der Waals surface area (Å²) in [5, 5.41) is 25.4. The molecule has 1 aromatic heterocycles. The van der Waals surface area contributed by atoms with Crippen LogP contribution in [0.4, 0.5) is 0 Å². The molecule has 22 heavy (non-hydrogen) atoms. The molecule has 1 heterocycles. The lowest BCUT2D eigenvalue weighted by Crippen LogP contribution is -2.18. The molecule has 0 saturated heterocycles. The van der Waals surface area contributed by atoms with Crippen LogP contribution >= 0.6 is 0 Å². The van der Waals surface area contributed by atoms with Gasteiger partial charge in [-0.1, -0.05) is 41.1 Å². The van der Waals surface area contributed by atoms with Crippen LogP contribution in [0.5, 0.6) is 0 Å². The van der Waals surface area contributed by atoms with Crippen molar-refractivity contribution >= 4 is 24.1 Å². The van der Waals surface area contributed by atoms with E-state index in [-0.39, 0.29) is 11.4 Å². The molecule has 0 amide bonds. The van der Waals surface area contributed by atoms with E-state index < -0.39 is 18.0 Å². The highest BCUT2D eigenvalue weighted by atomic mass is 16.4. The number of rotatable bonds is 5. The van der Waals surface area contributed by atoms with Crippen molar-refractivity contribution in [3.05, 3.63) is 46.8 Å². The minimum Gasteiger partial charge on any atom is -0.480 e. The number of benzene rings is 1. The van der Waals surface area contributed by atoms with Crippen LogP contribution in [0.3, 0.4) is 0 Å². The van der Waals surface area contributed by atoms with Gasteiger partial charge in [-0.3, -0.25) is 0 Å². The lowest BCUT2D eigenvalue weighted by atomic mass is 10.1. The number of aliphatic carboxylic acids is 1. The first-order chi connectivity index (χ1) is 10.4. The number of nitrogens with zero attached hydrogens (tertiary/aromatic N) is 3. The molecular weight excluding hydrogens is 286 g/mol. The van der Waals surface area contributed by atoms with Gasteiger partial charge in [0.15, 0.2) is 5.69 Å². The first-order valence-corrected chi connectivity index (χ1v) is 6.56. The average Bonchev–Trinajstić information content (AvgIpc) is 2.89. The van der Waals surface area contributed by atoms with Gasteiger partial charge < -0.3 is 10.2 Å². The second-order valence-corrected chi connectivity index (χ2v) is 4.83. The van der Waals surface area contributed by atoms with Crippen molar-refractivity contribution in [2.75, 3.05) is 0 Å². The Morgan fingerprint density at radius 1 is 1.18 bits per heavy atom. The number of aryl methyl sites for hydroxylation is 1. The standard InChI is InChI=1S/C15H15N3O4/c1-9-3-5-11(6-4-9)7-8-12-13(15(21)22)16-17-18(12)10(2)14(19)20/h3-8,10H,1-2H3,(H,19,20)(H,21,22)/b8-7+. The lowest BCUT2D eigenvalue weighted by Gasteiger charge is -2.08. The smallest absolute Gasteiger partial charge is 0.358 e. The Morgan fingerprint density at radius 2 is 1.82 bits per heavy atom. The van der Waals surface area contributed by atoms with E-state index >= 15 is 0 Å². The van der Waals surface area contributed by atoms with Crippen LogP contribution < -0.4 is 0 Å². The van der Waals surface area contributed by atoms with E-state index in [4.69, 9.17) is 10.2 Å². The van der Waals surface area contributed by atoms with Crippen molar-refractivity contribution in [3.63, 3.8) is 0 Å². The zero-order valence-corrected chi connectivity index (χ0v) is 12.1. The number of hydrogen-bond donors (Lipinski definition) is 2. The summed E-state index contributed by atoms with van der Waals surface area (Å²) in [5.74, 6) is -2.38. The molecule has 7 heteroatoms. The Kier molecular flexibility index (Phi) is 4.36. The molecule has 2 rings (SSSR count). The number of aromatic carboxylic acids is 1. The number of carboxylic acid groups (broad SMARTS) is 2. The van der Waals surface area contributed by atoms with Crippen LogP contribution in [0.15, 0.2) is 24.3 Å². The summed E-state index contributed by atoms with van der Waals surface area (Å²) in [6.07, 6.45) is 3.20. The number of carbonyl (C=O) groups is 2. The molecule has 7 nitrogen and oxygen atoms in total. The van der Waals surface area contributed by atoms with Crippen LogP contribution in [0.2, 0.25) is 0 Å². The predicted octanol–water partition coefficient (Wildman–Crippen LogP) is 2.10. The largest absolute Gasteiger partial charge is 0.480 e. The van der Waals surface area contributed by atoms with E-state index in [2.05, 4.69) is 10.3 Å². The van der Waals surface area contributed by atoms with Gasteiger partial charge in [0.1, 0.15) is 6.04 Å². The predicted molar refractivity (Wildman–Crippen MR) is 79.4 cm³/mol. The fraction of sp³-hybridized carbons (Fsp3) is 0.200. The van der Waals surface area contributed by atoms with Crippen LogP contribution in [-0.2, 0) is 4.79 Å². The van der Waals surface area contributed by atoms with Crippen molar-refractivity contribution in [3.8, 4) is 0 Å². The number of aromatic nitrogens is 3. The molecule has 0 fully saturated rings. The Labute approximate surface area is 126 Å². The molecule has 1 unspecified atom stereocenters. The summed E-state index contributed by atoms with van der Waals surface area (Å²) >= 11 is 0. The van der Waals surface area contributed by atoms with E-state index in [1.165, 1.54) is 13.0 Å². The molecule has 2 aromatic rings. The second kappa shape index (κ2) is 6.21. The summed E-state index contributed by atoms with van der Waals surface area (Å²) in [5.41, 5.74) is 1.83. The summed E-state index contributed by atoms with van der Waals surface area (Å²) in [7, 11) is 0. The van der Waals surface area contributed by atoms with Gasteiger partial charge in [0, 0.05) is 0 Å². The normalized spacial score (nSPS) is 12.5. The van der Waals surface area contributed by atoms with Gasteiger partial charge in [-0.25, -0.2) is 14.3 Å². The zero-order valence-electron chi connectivity index (χ0n) is 12.1. The second-order valence-electron chi connectivity index (χ2n) is 4.83. The van der Waals surface area contributed by atoms with Gasteiger partial charge in [0.2, 0.25) is 0 Å². The first-order valence-electron chi connectivity index (χ1n) is 6.56. The lowest BCUT2D eigenvalue weighted by molar-refractivity contribution is -0.140. The third-order valence-electron chi connectivity index (χ3n) is 3.17. The maximum absolute atomic E-state index is 11.2. The maximum atomic E-state index is 11.2. The molecule has 0 spiro atoms. The SMILES string of the molecule is Cc1ccc(/C=C/c2c(C(=O)O)nnn2C(C)C(=O)O)cc1. The fourth-order valence-electron chi connectivity index (χ4n) is 1.85. The summed E-state index contributed by atoms with van der Waals surface area (Å²) < 4.78 is 1.08. The van der Waals surface area contributed by atoms with Gasteiger partial charge >= 0.3 is 11.9 Å². The molecule has 0 aliphatic heterocycles. The Morgan fingerprint density at radius 3 is 2.36 bits per heavy atom. The van der Waals surface area contributed by atoms with Crippen molar-refractivity contribution in [2.24, 2.45) is 0 Å². The van der Waals surface area contributed by atoms with E-state index in [1.54, 1.807) is 6.08 Å². The van der Waals surface area contributed by atoms with Crippen molar-refractivity contribution in [1.82, 2.24) is 15.0 Å². The highest BCUT2D eigenvalue weighted by molar-refractivity contribution is 5.90. The highest BCUT2D eigenvalue weighted by Gasteiger charge is 2.23. The van der Waals surface area contributed by atoms with Gasteiger partial charge in [-0.2, -0.15) is 0 Å². The zero-order chi connectivity index (χ0) is 16.3. The number of carboxylic acids is 2. The fourth-order valence-corrected chi connectivity index (χ4v) is 1.85. The van der Waals surface area contributed by atoms with E-state index in [0.29, 0.717) is 0 Å². The topological polar surface area (TPSA) is 105 Å².